The molecule has 7 heteroatoms. The van der Waals surface area contributed by atoms with Crippen molar-refractivity contribution in [1.29, 1.82) is 0 Å². The van der Waals surface area contributed by atoms with Crippen molar-refractivity contribution in [3.63, 3.8) is 0 Å². The molecule has 0 aromatic heterocycles. The van der Waals surface area contributed by atoms with Crippen molar-refractivity contribution in [2.24, 2.45) is 0 Å². The Morgan fingerprint density at radius 1 is 0.553 bits per heavy atom. The predicted octanol–water partition coefficient (Wildman–Crippen LogP) is 11.4. The molecule has 0 heterocycles. The van der Waals surface area contributed by atoms with Crippen LogP contribution in [0.2, 0.25) is 0 Å². The molecule has 0 spiro atoms. The maximum Gasteiger partial charge on any atom is 0.267 e. The number of allylic oxidation sites excluding steroid dienone is 5. The van der Waals surface area contributed by atoms with E-state index in [0.717, 1.165) is 38.5 Å². The maximum atomic E-state index is 12.5. The van der Waals surface area contributed by atoms with Crippen LogP contribution in [0.1, 0.15) is 194 Å². The number of carbonyl (C=O) groups excluding carboxylic acids is 1. The Kier molecular flexibility index (Phi) is 33.4. The second kappa shape index (κ2) is 34.4. The maximum absolute atomic E-state index is 12.5. The van der Waals surface area contributed by atoms with Gasteiger partial charge in [0.05, 0.1) is 17.9 Å². The normalized spacial score (nSPS) is 13.7. The van der Waals surface area contributed by atoms with E-state index in [2.05, 4.69) is 43.5 Å². The minimum Gasteiger partial charge on any atom is -0.387 e. The first-order valence-corrected chi connectivity index (χ1v) is 21.3. The lowest BCUT2D eigenvalue weighted by Crippen LogP contribution is -2.46. The van der Waals surface area contributed by atoms with Crippen LogP contribution in [0.5, 0.6) is 0 Å². The third-order valence-corrected chi connectivity index (χ3v) is 9.58. The van der Waals surface area contributed by atoms with Gasteiger partial charge in [0, 0.05) is 6.42 Å². The molecule has 0 aromatic carbocycles. The summed E-state index contributed by atoms with van der Waals surface area (Å²) in [6.07, 6.45) is 44.1. The fourth-order valence-electron chi connectivity index (χ4n) is 5.83. The van der Waals surface area contributed by atoms with Crippen molar-refractivity contribution in [2.75, 3.05) is 5.75 Å². The number of hydrogen-bond acceptors (Lipinski definition) is 4. The molecule has 0 radical (unpaired) electrons. The van der Waals surface area contributed by atoms with E-state index >= 15 is 0 Å². The zero-order valence-electron chi connectivity index (χ0n) is 30.7. The summed E-state index contributed by atoms with van der Waals surface area (Å²) in [6.45, 7) is 4.51. The van der Waals surface area contributed by atoms with Crippen molar-refractivity contribution < 1.29 is 22.9 Å². The lowest BCUT2D eigenvalue weighted by molar-refractivity contribution is -0.122. The molecule has 0 saturated carbocycles. The number of amides is 1. The molecule has 276 valence electrons. The number of hydrogen-bond donors (Lipinski definition) is 3. The van der Waals surface area contributed by atoms with Crippen LogP contribution in [0.4, 0.5) is 0 Å². The monoisotopic (exact) mass is 682 g/mol. The van der Waals surface area contributed by atoms with Gasteiger partial charge in [0.25, 0.3) is 10.1 Å². The molecule has 0 fully saturated rings. The van der Waals surface area contributed by atoms with Crippen LogP contribution in [0.25, 0.3) is 0 Å². The minimum atomic E-state index is -4.35. The SMILES string of the molecule is CCCCCCCCC/C=C/CC/C=C/CC/C=C/C(O)C(CS(=O)(=O)O)NC(=O)CCCCCCCCCCCCCCCCC. The summed E-state index contributed by atoms with van der Waals surface area (Å²) in [6, 6.07) is -1.08. The molecule has 1 amide bonds. The minimum absolute atomic E-state index is 0.287. The molecule has 0 aliphatic carbocycles. The van der Waals surface area contributed by atoms with Gasteiger partial charge in [-0.2, -0.15) is 8.42 Å². The second-order valence-electron chi connectivity index (χ2n) is 13.5. The van der Waals surface area contributed by atoms with Crippen LogP contribution in [0.3, 0.4) is 0 Å². The van der Waals surface area contributed by atoms with E-state index in [0.29, 0.717) is 6.42 Å². The first-order valence-electron chi connectivity index (χ1n) is 19.7. The topological polar surface area (TPSA) is 104 Å². The molecule has 0 aliphatic heterocycles. The van der Waals surface area contributed by atoms with Crippen LogP contribution < -0.4 is 5.32 Å². The van der Waals surface area contributed by atoms with Crippen molar-refractivity contribution in [2.45, 2.75) is 206 Å². The highest BCUT2D eigenvalue weighted by Gasteiger charge is 2.24. The third-order valence-electron chi connectivity index (χ3n) is 8.80. The van der Waals surface area contributed by atoms with Crippen molar-refractivity contribution >= 4 is 16.0 Å². The Labute approximate surface area is 291 Å². The molecule has 0 rings (SSSR count). The van der Waals surface area contributed by atoms with Gasteiger partial charge in [0.1, 0.15) is 0 Å². The first-order chi connectivity index (χ1) is 22.8. The van der Waals surface area contributed by atoms with Crippen molar-refractivity contribution in [3.05, 3.63) is 36.5 Å². The lowest BCUT2D eigenvalue weighted by atomic mass is 10.0. The summed E-state index contributed by atoms with van der Waals surface area (Å²) >= 11 is 0. The Bertz CT molecular complexity index is 883. The molecule has 0 saturated heterocycles. The van der Waals surface area contributed by atoms with E-state index in [9.17, 15) is 22.9 Å². The molecule has 2 atom stereocenters. The Morgan fingerprint density at radius 3 is 1.34 bits per heavy atom. The average molecular weight is 682 g/mol. The van der Waals surface area contributed by atoms with Gasteiger partial charge in [-0.3, -0.25) is 9.35 Å². The van der Waals surface area contributed by atoms with Crippen LogP contribution >= 0.6 is 0 Å². The standard InChI is InChI=1S/C40H75NO5S/c1-3-5-7-9-11-13-15-17-19-20-22-23-25-27-29-31-33-35-39(42)38(37-47(44,45)46)41-40(43)36-34-32-30-28-26-24-21-18-16-14-12-10-8-6-4-2/h19-20,25,27,33,35,38-39,42H,3-18,21-24,26,28-32,34,36-37H2,1-2H3,(H,41,43)(H,44,45,46)/b20-19+,27-25+,35-33+. The molecule has 2 unspecified atom stereocenters. The van der Waals surface area contributed by atoms with Crippen molar-refractivity contribution in [3.8, 4) is 0 Å². The third kappa shape index (κ3) is 35.7. The Morgan fingerprint density at radius 2 is 0.915 bits per heavy atom. The number of aliphatic hydroxyl groups is 1. The number of carbonyl (C=O) groups is 1. The predicted molar refractivity (Wildman–Crippen MR) is 202 cm³/mol. The van der Waals surface area contributed by atoms with Gasteiger partial charge in [-0.1, -0.05) is 179 Å². The zero-order chi connectivity index (χ0) is 34.7. The van der Waals surface area contributed by atoms with E-state index in [-0.39, 0.29) is 12.3 Å². The molecule has 0 bridgehead atoms. The van der Waals surface area contributed by atoms with E-state index in [1.807, 2.05) is 0 Å². The molecule has 6 nitrogen and oxygen atoms in total. The molecule has 3 N–H and O–H groups in total. The molecular formula is C40H75NO5S. The van der Waals surface area contributed by atoms with Gasteiger partial charge < -0.3 is 10.4 Å². The summed E-state index contributed by atoms with van der Waals surface area (Å²) in [5.74, 6) is -1.00. The van der Waals surface area contributed by atoms with Crippen LogP contribution in [-0.2, 0) is 14.9 Å². The summed E-state index contributed by atoms with van der Waals surface area (Å²) in [7, 11) is -4.35. The fraction of sp³-hybridized carbons (Fsp3) is 0.825. The van der Waals surface area contributed by atoms with Gasteiger partial charge in [-0.05, 0) is 44.9 Å². The molecular weight excluding hydrogens is 607 g/mol. The highest BCUT2D eigenvalue weighted by Crippen LogP contribution is 2.14. The van der Waals surface area contributed by atoms with Crippen LogP contribution in [-0.4, -0.2) is 41.9 Å². The lowest BCUT2D eigenvalue weighted by Gasteiger charge is -2.21. The zero-order valence-corrected chi connectivity index (χ0v) is 31.5. The molecule has 0 aliphatic rings. The van der Waals surface area contributed by atoms with Gasteiger partial charge in [0.2, 0.25) is 5.91 Å². The highest BCUT2D eigenvalue weighted by molar-refractivity contribution is 7.85. The van der Waals surface area contributed by atoms with Crippen LogP contribution in [0.15, 0.2) is 36.5 Å². The Hall–Kier alpha value is -1.44. The van der Waals surface area contributed by atoms with E-state index in [1.54, 1.807) is 6.08 Å². The molecule has 0 aromatic rings. The Balaban J connectivity index is 4.02. The first kappa shape index (κ1) is 45.6. The van der Waals surface area contributed by atoms with Gasteiger partial charge >= 0.3 is 0 Å². The summed E-state index contributed by atoms with van der Waals surface area (Å²) in [4.78, 5) is 12.5. The smallest absolute Gasteiger partial charge is 0.267 e. The number of rotatable bonds is 35. The second-order valence-corrected chi connectivity index (χ2v) is 15.0. The number of unbranched alkanes of at least 4 members (excludes halogenated alkanes) is 23. The van der Waals surface area contributed by atoms with E-state index in [1.165, 1.54) is 134 Å². The number of aliphatic hydroxyl groups excluding tert-OH is 1. The van der Waals surface area contributed by atoms with Gasteiger partial charge in [0.15, 0.2) is 0 Å². The van der Waals surface area contributed by atoms with Crippen LogP contribution in [0, 0.1) is 0 Å². The van der Waals surface area contributed by atoms with Gasteiger partial charge in [-0.15, -0.1) is 0 Å². The summed E-state index contributed by atoms with van der Waals surface area (Å²) < 4.78 is 32.4. The highest BCUT2D eigenvalue weighted by atomic mass is 32.2. The molecule has 47 heavy (non-hydrogen) atoms. The van der Waals surface area contributed by atoms with Crippen molar-refractivity contribution in [1.82, 2.24) is 5.32 Å². The quantitative estimate of drug-likeness (QED) is 0.0351. The average Bonchev–Trinajstić information content (AvgIpc) is 3.03. The fourth-order valence-corrected chi connectivity index (χ4v) is 6.57. The van der Waals surface area contributed by atoms with E-state index < -0.39 is 28.0 Å². The van der Waals surface area contributed by atoms with Gasteiger partial charge in [-0.25, -0.2) is 0 Å². The number of nitrogens with one attached hydrogen (secondary N) is 1. The summed E-state index contributed by atoms with van der Waals surface area (Å²) in [5, 5.41) is 13.2. The largest absolute Gasteiger partial charge is 0.387 e. The van der Waals surface area contributed by atoms with E-state index in [4.69, 9.17) is 0 Å². The summed E-state index contributed by atoms with van der Waals surface area (Å²) in [5.41, 5.74) is 0.